The first kappa shape index (κ1) is 21.5. The van der Waals surface area contributed by atoms with E-state index in [-0.39, 0.29) is 22.3 Å². The maximum atomic E-state index is 12.9. The molecule has 0 aliphatic rings. The molecule has 0 fully saturated rings. The van der Waals surface area contributed by atoms with Crippen LogP contribution in [-0.4, -0.2) is 21.7 Å². The number of H-pyrrole nitrogens is 1. The standard InChI is InChI=1S/C17H20F3N5O2S/c1-3-4-8-25-13(21)12(14(26)23-15(25)27)24(2)16(28)22-11-7-5-6-10(9-11)17(18,19)20/h5-7,9H,3-4,8,21H2,1-2H3,(H,22,28)(H,23,26,27). The Morgan fingerprint density at radius 2 is 2.04 bits per heavy atom. The number of anilines is 3. The molecule has 28 heavy (non-hydrogen) atoms. The number of aromatic nitrogens is 2. The van der Waals surface area contributed by atoms with Gasteiger partial charge in [-0.15, -0.1) is 0 Å². The molecule has 0 spiro atoms. The van der Waals surface area contributed by atoms with Crippen LogP contribution in [0.15, 0.2) is 33.9 Å². The van der Waals surface area contributed by atoms with E-state index in [0.29, 0.717) is 13.0 Å². The summed E-state index contributed by atoms with van der Waals surface area (Å²) in [6.45, 7) is 2.25. The first-order valence-corrected chi connectivity index (χ1v) is 8.81. The number of hydrogen-bond acceptors (Lipinski definition) is 4. The van der Waals surface area contributed by atoms with Crippen LogP contribution >= 0.6 is 12.2 Å². The van der Waals surface area contributed by atoms with Crippen LogP contribution < -0.4 is 27.2 Å². The first-order chi connectivity index (χ1) is 13.1. The van der Waals surface area contributed by atoms with Crippen molar-refractivity contribution in [1.29, 1.82) is 0 Å². The molecule has 0 atom stereocenters. The number of aromatic amines is 1. The summed E-state index contributed by atoms with van der Waals surface area (Å²) in [7, 11) is 1.43. The van der Waals surface area contributed by atoms with E-state index in [1.807, 2.05) is 6.92 Å². The molecule has 11 heteroatoms. The number of nitrogens with two attached hydrogens (primary N) is 1. The maximum absolute atomic E-state index is 12.9. The molecular weight excluding hydrogens is 395 g/mol. The van der Waals surface area contributed by atoms with E-state index in [4.69, 9.17) is 18.0 Å². The highest BCUT2D eigenvalue weighted by Gasteiger charge is 2.30. The van der Waals surface area contributed by atoms with Gasteiger partial charge in [-0.2, -0.15) is 13.2 Å². The van der Waals surface area contributed by atoms with Gasteiger partial charge in [0.15, 0.2) is 5.11 Å². The Labute approximate surface area is 164 Å². The molecule has 1 aromatic heterocycles. The summed E-state index contributed by atoms with van der Waals surface area (Å²) in [5, 5.41) is 2.59. The summed E-state index contributed by atoms with van der Waals surface area (Å²) in [6, 6.07) is 4.48. The minimum atomic E-state index is -4.50. The number of nitrogens with one attached hydrogen (secondary N) is 2. The summed E-state index contributed by atoms with van der Waals surface area (Å²) in [6.07, 6.45) is -3.01. The van der Waals surface area contributed by atoms with Crippen LogP contribution in [0.5, 0.6) is 0 Å². The molecule has 0 radical (unpaired) electrons. The van der Waals surface area contributed by atoms with Gasteiger partial charge < -0.3 is 16.0 Å². The van der Waals surface area contributed by atoms with Crippen molar-refractivity contribution in [3.05, 3.63) is 50.7 Å². The predicted molar refractivity (Wildman–Crippen MR) is 107 cm³/mol. The average Bonchev–Trinajstić information content (AvgIpc) is 2.60. The Kier molecular flexibility index (Phi) is 6.49. The molecule has 7 nitrogen and oxygen atoms in total. The van der Waals surface area contributed by atoms with Crippen molar-refractivity contribution in [2.45, 2.75) is 32.5 Å². The highest BCUT2D eigenvalue weighted by atomic mass is 32.1. The summed E-state index contributed by atoms with van der Waals surface area (Å²) < 4.78 is 39.8. The monoisotopic (exact) mass is 415 g/mol. The Morgan fingerprint density at radius 1 is 1.36 bits per heavy atom. The molecule has 0 saturated heterocycles. The zero-order valence-electron chi connectivity index (χ0n) is 15.3. The minimum Gasteiger partial charge on any atom is -0.383 e. The van der Waals surface area contributed by atoms with E-state index in [0.717, 1.165) is 18.6 Å². The predicted octanol–water partition coefficient (Wildman–Crippen LogP) is 2.77. The van der Waals surface area contributed by atoms with E-state index in [1.54, 1.807) is 0 Å². The second-order valence-corrected chi connectivity index (χ2v) is 6.45. The van der Waals surface area contributed by atoms with Crippen molar-refractivity contribution in [2.75, 3.05) is 23.0 Å². The van der Waals surface area contributed by atoms with Crippen LogP contribution in [0.1, 0.15) is 25.3 Å². The van der Waals surface area contributed by atoms with Crippen molar-refractivity contribution in [2.24, 2.45) is 0 Å². The van der Waals surface area contributed by atoms with Crippen molar-refractivity contribution < 1.29 is 13.2 Å². The lowest BCUT2D eigenvalue weighted by molar-refractivity contribution is -0.137. The molecule has 0 aliphatic carbocycles. The number of nitrogen functional groups attached to an aromatic ring is 1. The molecule has 1 heterocycles. The number of thiocarbonyl (C=S) groups is 1. The van der Waals surface area contributed by atoms with Gasteiger partial charge in [-0.05, 0) is 36.8 Å². The Bertz CT molecular complexity index is 984. The molecule has 0 aliphatic heterocycles. The van der Waals surface area contributed by atoms with Crippen molar-refractivity contribution in [3.63, 3.8) is 0 Å². The summed E-state index contributed by atoms with van der Waals surface area (Å²) >= 11 is 5.20. The molecule has 0 saturated carbocycles. The number of benzene rings is 1. The van der Waals surface area contributed by atoms with Gasteiger partial charge in [0.2, 0.25) is 0 Å². The molecule has 0 amide bonds. The lowest BCUT2D eigenvalue weighted by atomic mass is 10.2. The minimum absolute atomic E-state index is 0.0581. The zero-order chi connectivity index (χ0) is 21.1. The molecule has 0 unspecified atom stereocenters. The summed E-state index contributed by atoms with van der Waals surface area (Å²) in [5.74, 6) is -0.0714. The van der Waals surface area contributed by atoms with Crippen molar-refractivity contribution in [1.82, 2.24) is 9.55 Å². The maximum Gasteiger partial charge on any atom is 0.416 e. The van der Waals surface area contributed by atoms with Crippen LogP contribution in [-0.2, 0) is 12.7 Å². The van der Waals surface area contributed by atoms with Crippen LogP contribution in [0.2, 0.25) is 0 Å². The topological polar surface area (TPSA) is 96.2 Å². The largest absolute Gasteiger partial charge is 0.416 e. The fraction of sp³-hybridized carbons (Fsp3) is 0.353. The van der Waals surface area contributed by atoms with Gasteiger partial charge in [-0.1, -0.05) is 19.4 Å². The number of halogens is 3. The second-order valence-electron chi connectivity index (χ2n) is 6.07. The SMILES string of the molecule is CCCCn1c(N)c(N(C)C(=S)Nc2cccc(C(F)(F)F)c2)c(=O)[nH]c1=O. The lowest BCUT2D eigenvalue weighted by Crippen LogP contribution is -2.40. The van der Waals surface area contributed by atoms with Crippen molar-refractivity contribution in [3.8, 4) is 0 Å². The van der Waals surface area contributed by atoms with E-state index in [9.17, 15) is 22.8 Å². The van der Waals surface area contributed by atoms with Crippen LogP contribution in [0.25, 0.3) is 0 Å². The average molecular weight is 415 g/mol. The fourth-order valence-electron chi connectivity index (χ4n) is 2.52. The fourth-order valence-corrected chi connectivity index (χ4v) is 2.73. The van der Waals surface area contributed by atoms with E-state index in [2.05, 4.69) is 10.3 Å². The van der Waals surface area contributed by atoms with E-state index >= 15 is 0 Å². The van der Waals surface area contributed by atoms with Gasteiger partial charge in [-0.25, -0.2) is 4.79 Å². The number of unbranched alkanes of at least 4 members (excludes halogenated alkanes) is 1. The van der Waals surface area contributed by atoms with Gasteiger partial charge in [0.25, 0.3) is 5.56 Å². The van der Waals surface area contributed by atoms with E-state index in [1.165, 1.54) is 28.6 Å². The Hall–Kier alpha value is -2.82. The summed E-state index contributed by atoms with van der Waals surface area (Å²) in [5.41, 5.74) is 3.81. The van der Waals surface area contributed by atoms with Gasteiger partial charge in [-0.3, -0.25) is 14.3 Å². The molecule has 2 rings (SSSR count). The highest BCUT2D eigenvalue weighted by Crippen LogP contribution is 2.30. The highest BCUT2D eigenvalue weighted by molar-refractivity contribution is 7.80. The Morgan fingerprint density at radius 3 is 2.64 bits per heavy atom. The molecular formula is C17H20F3N5O2S. The van der Waals surface area contributed by atoms with Gasteiger partial charge in [0.1, 0.15) is 11.5 Å². The molecule has 4 N–H and O–H groups in total. The van der Waals surface area contributed by atoms with Crippen LogP contribution in [0.3, 0.4) is 0 Å². The smallest absolute Gasteiger partial charge is 0.383 e. The first-order valence-electron chi connectivity index (χ1n) is 8.40. The number of rotatable bonds is 5. The number of alkyl halides is 3. The molecule has 1 aromatic carbocycles. The van der Waals surface area contributed by atoms with Crippen LogP contribution in [0.4, 0.5) is 30.4 Å². The Balaban J connectivity index is 2.33. The van der Waals surface area contributed by atoms with Gasteiger partial charge in [0.05, 0.1) is 5.56 Å². The number of nitrogens with zero attached hydrogens (tertiary/aromatic N) is 2. The third kappa shape index (κ3) is 4.71. The van der Waals surface area contributed by atoms with Crippen LogP contribution in [0, 0.1) is 0 Å². The lowest BCUT2D eigenvalue weighted by Gasteiger charge is -2.23. The third-order valence-corrected chi connectivity index (χ3v) is 4.41. The molecule has 0 bridgehead atoms. The summed E-state index contributed by atoms with van der Waals surface area (Å²) in [4.78, 5) is 27.6. The zero-order valence-corrected chi connectivity index (χ0v) is 16.1. The normalized spacial score (nSPS) is 11.3. The van der Waals surface area contributed by atoms with E-state index < -0.39 is 23.0 Å². The second kappa shape index (κ2) is 8.46. The molecule has 152 valence electrons. The third-order valence-electron chi connectivity index (χ3n) is 4.03. The number of hydrogen-bond donors (Lipinski definition) is 3. The quantitative estimate of drug-likeness (QED) is 0.650. The molecule has 2 aromatic rings. The van der Waals surface area contributed by atoms with Crippen molar-refractivity contribution >= 4 is 34.5 Å². The van der Waals surface area contributed by atoms with Gasteiger partial charge in [0, 0.05) is 19.3 Å². The van der Waals surface area contributed by atoms with Gasteiger partial charge >= 0.3 is 11.9 Å².